The van der Waals surface area contributed by atoms with Crippen molar-refractivity contribution < 1.29 is 19.4 Å². The number of carbonyl (C=O) groups excluding carboxylic acids is 1. The molecule has 4 aromatic rings. The summed E-state index contributed by atoms with van der Waals surface area (Å²) in [4.78, 5) is 29.4. The Balaban J connectivity index is 1.49. The second kappa shape index (κ2) is 9.06. The van der Waals surface area contributed by atoms with Crippen LogP contribution < -0.4 is 20.7 Å². The molecule has 0 spiro atoms. The van der Waals surface area contributed by atoms with Crippen LogP contribution in [0, 0.1) is 0 Å². The smallest absolute Gasteiger partial charge is 0.411 e. The average Bonchev–Trinajstić information content (AvgIpc) is 3.39. The highest BCUT2D eigenvalue weighted by Crippen LogP contribution is 2.28. The zero-order valence-electron chi connectivity index (χ0n) is 18.7. The minimum atomic E-state index is -1.20. The number of rotatable bonds is 7. The van der Waals surface area contributed by atoms with Gasteiger partial charge in [-0.15, -0.1) is 0 Å². The lowest BCUT2D eigenvalue weighted by molar-refractivity contribution is 0.0930. The van der Waals surface area contributed by atoms with E-state index in [9.17, 15) is 14.7 Å². The van der Waals surface area contributed by atoms with Crippen LogP contribution in [0.1, 0.15) is 23.8 Å². The first-order chi connectivity index (χ1) is 16.2. The van der Waals surface area contributed by atoms with Crippen LogP contribution in [0.15, 0.2) is 30.6 Å². The van der Waals surface area contributed by atoms with Crippen LogP contribution in [0.2, 0.25) is 5.15 Å². The van der Waals surface area contributed by atoms with E-state index in [-0.39, 0.29) is 28.2 Å². The van der Waals surface area contributed by atoms with Crippen LogP contribution in [0.5, 0.6) is 5.75 Å². The number of anilines is 2. The summed E-state index contributed by atoms with van der Waals surface area (Å²) in [7, 11) is 2.91. The molecular weight excluding hydrogens is 464 g/mol. The molecule has 34 heavy (non-hydrogen) atoms. The maximum absolute atomic E-state index is 12.9. The number of aromatic nitrogens is 5. The zero-order chi connectivity index (χ0) is 24.6. The molecule has 0 aliphatic rings. The van der Waals surface area contributed by atoms with E-state index in [0.717, 1.165) is 15.8 Å². The number of amides is 2. The monoisotopic (exact) mass is 486 g/mol. The molecule has 4 rings (SSSR count). The van der Waals surface area contributed by atoms with E-state index >= 15 is 0 Å². The van der Waals surface area contributed by atoms with E-state index in [1.165, 1.54) is 23.8 Å². The predicted molar refractivity (Wildman–Crippen MR) is 127 cm³/mol. The number of nitrogens with two attached hydrogens (primary N) is 1. The first-order valence-corrected chi connectivity index (χ1v) is 10.7. The van der Waals surface area contributed by atoms with Crippen LogP contribution in [0.25, 0.3) is 16.6 Å². The van der Waals surface area contributed by atoms with E-state index in [0.29, 0.717) is 24.4 Å². The fourth-order valence-corrected chi connectivity index (χ4v) is 3.77. The van der Waals surface area contributed by atoms with E-state index in [1.54, 1.807) is 13.3 Å². The third-order valence-corrected chi connectivity index (χ3v) is 5.63. The van der Waals surface area contributed by atoms with Gasteiger partial charge in [-0.2, -0.15) is 10.2 Å². The molecule has 1 unspecified atom stereocenters. The number of aryl methyl sites for hydroxylation is 1. The molecule has 0 aliphatic heterocycles. The number of nitrogen functional groups attached to an aromatic ring is 1. The molecule has 12 nitrogen and oxygen atoms in total. The number of imidazole rings is 1. The second-order valence-electron chi connectivity index (χ2n) is 7.76. The number of fused-ring (bicyclic) bond motifs is 2. The average molecular weight is 487 g/mol. The van der Waals surface area contributed by atoms with Gasteiger partial charge < -0.3 is 20.9 Å². The Kier molecular flexibility index (Phi) is 6.16. The lowest BCUT2D eigenvalue weighted by Gasteiger charge is -2.15. The number of nitrogens with one attached hydrogen (secondary N) is 1. The third kappa shape index (κ3) is 4.27. The van der Waals surface area contributed by atoms with Crippen LogP contribution in [-0.2, 0) is 6.54 Å². The summed E-state index contributed by atoms with van der Waals surface area (Å²) in [5, 5.41) is 21.6. The number of nitrogens with zero attached hydrogens (tertiary/aromatic N) is 6. The van der Waals surface area contributed by atoms with Crippen molar-refractivity contribution >= 4 is 51.5 Å². The number of halogens is 1. The van der Waals surface area contributed by atoms with Crippen LogP contribution >= 0.6 is 11.6 Å². The van der Waals surface area contributed by atoms with Crippen molar-refractivity contribution in [2.24, 2.45) is 0 Å². The molecule has 4 N–H and O–H groups in total. The number of methoxy groups -OCH3 is 1. The first kappa shape index (κ1) is 23.1. The van der Waals surface area contributed by atoms with Crippen molar-refractivity contribution in [2.45, 2.75) is 25.9 Å². The van der Waals surface area contributed by atoms with Gasteiger partial charge in [-0.05, 0) is 25.5 Å². The highest BCUT2D eigenvalue weighted by atomic mass is 35.5. The Bertz CT molecular complexity index is 1400. The lowest BCUT2D eigenvalue weighted by atomic mass is 10.2. The van der Waals surface area contributed by atoms with Crippen molar-refractivity contribution in [1.82, 2.24) is 29.7 Å². The van der Waals surface area contributed by atoms with Crippen molar-refractivity contribution in [3.8, 4) is 5.75 Å². The van der Waals surface area contributed by atoms with Crippen LogP contribution in [-0.4, -0.2) is 61.7 Å². The SMILES string of the molecule is COc1cc2cnn(CCC(C)NC(=O)c3cnc4c(N(C)C(=O)O)cc(Cl)nn34)c2cc1N. The van der Waals surface area contributed by atoms with Gasteiger partial charge in [-0.3, -0.25) is 14.4 Å². The van der Waals surface area contributed by atoms with Crippen LogP contribution in [0.3, 0.4) is 0 Å². The fourth-order valence-electron chi connectivity index (χ4n) is 3.59. The summed E-state index contributed by atoms with van der Waals surface area (Å²) >= 11 is 6.06. The molecule has 0 saturated heterocycles. The fraction of sp³-hybridized carbons (Fsp3) is 0.286. The molecule has 0 bridgehead atoms. The Hall–Kier alpha value is -4.06. The van der Waals surface area contributed by atoms with Crippen molar-refractivity contribution in [1.29, 1.82) is 0 Å². The summed E-state index contributed by atoms with van der Waals surface area (Å²) in [5.41, 5.74) is 7.95. The topological polar surface area (TPSA) is 153 Å². The number of ether oxygens (including phenoxy) is 1. The molecule has 2 amide bonds. The predicted octanol–water partition coefficient (Wildman–Crippen LogP) is 2.65. The Morgan fingerprint density at radius 2 is 2.09 bits per heavy atom. The summed E-state index contributed by atoms with van der Waals surface area (Å²) in [6.07, 6.45) is 2.46. The number of benzene rings is 1. The number of hydrogen-bond acceptors (Lipinski definition) is 7. The Morgan fingerprint density at radius 1 is 1.32 bits per heavy atom. The molecule has 3 heterocycles. The normalized spacial score (nSPS) is 12.1. The zero-order valence-corrected chi connectivity index (χ0v) is 19.4. The highest BCUT2D eigenvalue weighted by molar-refractivity contribution is 6.29. The highest BCUT2D eigenvalue weighted by Gasteiger charge is 2.21. The number of hydrogen-bond donors (Lipinski definition) is 3. The van der Waals surface area contributed by atoms with Crippen LogP contribution in [0.4, 0.5) is 16.2 Å². The van der Waals surface area contributed by atoms with Gasteiger partial charge in [0.2, 0.25) is 0 Å². The van der Waals surface area contributed by atoms with E-state index in [2.05, 4.69) is 20.5 Å². The summed E-state index contributed by atoms with van der Waals surface area (Å²) < 4.78 is 8.30. The quantitative estimate of drug-likeness (QED) is 0.337. The van der Waals surface area contributed by atoms with Gasteiger partial charge in [0, 0.05) is 31.1 Å². The van der Waals surface area contributed by atoms with Gasteiger partial charge in [-0.1, -0.05) is 11.6 Å². The Morgan fingerprint density at radius 3 is 2.79 bits per heavy atom. The second-order valence-corrected chi connectivity index (χ2v) is 8.14. The largest absolute Gasteiger partial charge is 0.495 e. The molecule has 1 atom stereocenters. The molecule has 0 fully saturated rings. The Labute approximate surface area is 198 Å². The molecule has 3 aromatic heterocycles. The lowest BCUT2D eigenvalue weighted by Crippen LogP contribution is -2.34. The minimum Gasteiger partial charge on any atom is -0.495 e. The van der Waals surface area contributed by atoms with Crippen molar-refractivity contribution in [3.63, 3.8) is 0 Å². The van der Waals surface area contributed by atoms with Crippen molar-refractivity contribution in [3.05, 3.63) is 41.4 Å². The number of carboxylic acid groups (broad SMARTS) is 1. The van der Waals surface area contributed by atoms with E-state index in [1.807, 2.05) is 23.7 Å². The third-order valence-electron chi connectivity index (χ3n) is 5.44. The summed E-state index contributed by atoms with van der Waals surface area (Å²) in [5.74, 6) is 0.171. The summed E-state index contributed by atoms with van der Waals surface area (Å²) in [6, 6.07) is 4.80. The maximum atomic E-state index is 12.9. The maximum Gasteiger partial charge on any atom is 0.411 e. The first-order valence-electron chi connectivity index (χ1n) is 10.3. The molecule has 178 valence electrons. The number of carbonyl (C=O) groups is 2. The van der Waals surface area contributed by atoms with Gasteiger partial charge in [0.25, 0.3) is 5.91 Å². The molecule has 13 heteroatoms. The minimum absolute atomic E-state index is 0.0252. The van der Waals surface area contributed by atoms with E-state index < -0.39 is 12.0 Å². The van der Waals surface area contributed by atoms with Gasteiger partial charge in [0.15, 0.2) is 16.5 Å². The van der Waals surface area contributed by atoms with Crippen molar-refractivity contribution in [2.75, 3.05) is 24.8 Å². The standard InChI is InChI=1S/C21H23ClN8O4/c1-11(4-5-29-14-7-13(23)17(34-3)6-12(14)9-25-29)26-20(31)16-10-24-19-15(28(2)21(32)33)8-18(22)27-30(16)19/h6-11H,4-5,23H2,1-3H3,(H,26,31)(H,32,33). The molecule has 1 aromatic carbocycles. The van der Waals surface area contributed by atoms with Gasteiger partial charge in [0.1, 0.15) is 5.75 Å². The summed E-state index contributed by atoms with van der Waals surface area (Å²) in [6.45, 7) is 2.41. The molecule has 0 radical (unpaired) electrons. The van der Waals surface area contributed by atoms with Gasteiger partial charge >= 0.3 is 6.09 Å². The van der Waals surface area contributed by atoms with E-state index in [4.69, 9.17) is 22.1 Å². The van der Waals surface area contributed by atoms with Gasteiger partial charge in [0.05, 0.1) is 36.4 Å². The van der Waals surface area contributed by atoms with Gasteiger partial charge in [-0.25, -0.2) is 14.3 Å². The molecule has 0 aliphatic carbocycles. The molecule has 0 saturated carbocycles. The molecular formula is C21H23ClN8O4.